The van der Waals surface area contributed by atoms with Gasteiger partial charge in [0.2, 0.25) is 0 Å². The zero-order valence-corrected chi connectivity index (χ0v) is 32.5. The normalized spacial score (nSPS) is 12.1. The average molecular weight is 679 g/mol. The minimum atomic E-state index is -0.525. The Morgan fingerprint density at radius 2 is 0.833 bits per heavy atom. The molecule has 0 aromatic rings. The van der Waals surface area contributed by atoms with Crippen LogP contribution in [0.1, 0.15) is 226 Å². The molecule has 0 saturated heterocycles. The summed E-state index contributed by atoms with van der Waals surface area (Å²) in [6.07, 6.45) is 42.1. The maximum atomic E-state index is 12.6. The van der Waals surface area contributed by atoms with Crippen LogP contribution in [0, 0.1) is 0 Å². The van der Waals surface area contributed by atoms with Crippen LogP contribution in [0.25, 0.3) is 0 Å². The summed E-state index contributed by atoms with van der Waals surface area (Å²) in [5.41, 5.74) is 0. The Kier molecular flexibility index (Phi) is 38.9. The van der Waals surface area contributed by atoms with Crippen molar-refractivity contribution in [2.24, 2.45) is 0 Å². The summed E-state index contributed by atoms with van der Waals surface area (Å²) in [6.45, 7) is 7.77. The van der Waals surface area contributed by atoms with E-state index in [9.17, 15) is 9.59 Å². The number of hydrogen-bond acceptors (Lipinski definition) is 5. The van der Waals surface area contributed by atoms with Gasteiger partial charge in [-0.3, -0.25) is 9.59 Å². The van der Waals surface area contributed by atoms with Gasteiger partial charge in [-0.25, -0.2) is 0 Å². The second-order valence-corrected chi connectivity index (χ2v) is 14.3. The van der Waals surface area contributed by atoms with E-state index in [0.717, 1.165) is 38.5 Å². The van der Waals surface area contributed by atoms with Crippen molar-refractivity contribution < 1.29 is 23.8 Å². The Hall–Kier alpha value is -1.36. The Labute approximate surface area is 299 Å². The molecule has 0 fully saturated rings. The maximum Gasteiger partial charge on any atom is 0.306 e. The van der Waals surface area contributed by atoms with E-state index >= 15 is 0 Å². The third kappa shape index (κ3) is 37.5. The molecule has 1 unspecified atom stereocenters. The zero-order valence-electron chi connectivity index (χ0n) is 32.5. The quantitative estimate of drug-likeness (QED) is 0.0368. The Morgan fingerprint density at radius 1 is 0.438 bits per heavy atom. The molecule has 0 aromatic heterocycles. The van der Waals surface area contributed by atoms with E-state index in [2.05, 4.69) is 32.9 Å². The summed E-state index contributed by atoms with van der Waals surface area (Å²) in [7, 11) is 0. The van der Waals surface area contributed by atoms with Crippen LogP contribution in [0.2, 0.25) is 0 Å². The third-order valence-electron chi connectivity index (χ3n) is 9.30. The highest BCUT2D eigenvalue weighted by Crippen LogP contribution is 2.14. The fraction of sp³-hybridized carbons (Fsp3) is 0.907. The molecule has 0 saturated carbocycles. The van der Waals surface area contributed by atoms with Crippen LogP contribution in [0.4, 0.5) is 0 Å². The van der Waals surface area contributed by atoms with Gasteiger partial charge in [-0.2, -0.15) is 0 Å². The molecule has 0 aliphatic heterocycles. The van der Waals surface area contributed by atoms with Crippen molar-refractivity contribution in [1.29, 1.82) is 0 Å². The van der Waals surface area contributed by atoms with Crippen LogP contribution >= 0.6 is 0 Å². The fourth-order valence-corrected chi connectivity index (χ4v) is 6.08. The van der Waals surface area contributed by atoms with Gasteiger partial charge in [-0.1, -0.05) is 187 Å². The lowest BCUT2D eigenvalue weighted by Gasteiger charge is -2.18. The molecule has 284 valence electrons. The Bertz CT molecular complexity index is 691. The van der Waals surface area contributed by atoms with Gasteiger partial charge in [-0.05, 0) is 38.5 Å². The molecule has 0 heterocycles. The van der Waals surface area contributed by atoms with Gasteiger partial charge in [0.05, 0.1) is 6.61 Å². The first kappa shape index (κ1) is 46.6. The molecule has 48 heavy (non-hydrogen) atoms. The van der Waals surface area contributed by atoms with Gasteiger partial charge in [0, 0.05) is 19.4 Å². The van der Waals surface area contributed by atoms with Crippen LogP contribution in [0.5, 0.6) is 0 Å². The number of esters is 2. The van der Waals surface area contributed by atoms with Crippen LogP contribution in [-0.2, 0) is 23.8 Å². The molecule has 0 N–H and O–H groups in total. The SMILES string of the molecule is CCCC/C=C\CCCCCCCCOCC(COC(=O)CCCCCCCCCCCCCCC)OC(=O)CCCCCCCCC. The molecule has 5 nitrogen and oxygen atoms in total. The van der Waals surface area contributed by atoms with Gasteiger partial charge < -0.3 is 14.2 Å². The predicted octanol–water partition coefficient (Wildman–Crippen LogP) is 13.6. The molecular formula is C43H82O5. The molecule has 0 spiro atoms. The van der Waals surface area contributed by atoms with E-state index in [0.29, 0.717) is 26.1 Å². The number of allylic oxidation sites excluding steroid dienone is 2. The highest BCUT2D eigenvalue weighted by molar-refractivity contribution is 5.70. The highest BCUT2D eigenvalue weighted by Gasteiger charge is 2.17. The molecule has 0 bridgehead atoms. The van der Waals surface area contributed by atoms with Crippen molar-refractivity contribution in [2.45, 2.75) is 232 Å². The highest BCUT2D eigenvalue weighted by atomic mass is 16.6. The van der Waals surface area contributed by atoms with E-state index < -0.39 is 6.10 Å². The predicted molar refractivity (Wildman–Crippen MR) is 206 cm³/mol. The first-order chi connectivity index (χ1) is 23.6. The summed E-state index contributed by atoms with van der Waals surface area (Å²) in [4.78, 5) is 25.0. The molecule has 0 aliphatic carbocycles. The second kappa shape index (κ2) is 40.1. The summed E-state index contributed by atoms with van der Waals surface area (Å²) >= 11 is 0. The number of carbonyl (C=O) groups is 2. The lowest BCUT2D eigenvalue weighted by Crippen LogP contribution is -2.30. The fourth-order valence-electron chi connectivity index (χ4n) is 6.08. The monoisotopic (exact) mass is 679 g/mol. The molecule has 0 radical (unpaired) electrons. The minimum absolute atomic E-state index is 0.0902. The first-order valence-electron chi connectivity index (χ1n) is 21.2. The average Bonchev–Trinajstić information content (AvgIpc) is 3.08. The smallest absolute Gasteiger partial charge is 0.306 e. The van der Waals surface area contributed by atoms with Gasteiger partial charge >= 0.3 is 11.9 Å². The lowest BCUT2D eigenvalue weighted by atomic mass is 10.0. The zero-order chi connectivity index (χ0) is 35.0. The molecular weight excluding hydrogens is 596 g/mol. The number of ether oxygens (including phenoxy) is 3. The summed E-state index contributed by atoms with van der Waals surface area (Å²) in [5, 5.41) is 0. The van der Waals surface area contributed by atoms with Crippen LogP contribution in [0.15, 0.2) is 12.2 Å². The number of hydrogen-bond donors (Lipinski definition) is 0. The van der Waals surface area contributed by atoms with Crippen molar-refractivity contribution in [1.82, 2.24) is 0 Å². The third-order valence-corrected chi connectivity index (χ3v) is 9.30. The largest absolute Gasteiger partial charge is 0.462 e. The summed E-state index contributed by atoms with van der Waals surface area (Å²) in [6, 6.07) is 0. The Morgan fingerprint density at radius 3 is 1.33 bits per heavy atom. The van der Waals surface area contributed by atoms with Gasteiger partial charge in [0.25, 0.3) is 0 Å². The Balaban J connectivity index is 4.14. The van der Waals surface area contributed by atoms with E-state index in [-0.39, 0.29) is 18.5 Å². The number of rotatable bonds is 39. The van der Waals surface area contributed by atoms with Gasteiger partial charge in [0.15, 0.2) is 6.10 Å². The maximum absolute atomic E-state index is 12.6. The van der Waals surface area contributed by atoms with Crippen molar-refractivity contribution in [3.63, 3.8) is 0 Å². The molecule has 0 aromatic carbocycles. The molecule has 0 aliphatic rings. The topological polar surface area (TPSA) is 61.8 Å². The van der Waals surface area contributed by atoms with E-state index in [1.54, 1.807) is 0 Å². The van der Waals surface area contributed by atoms with E-state index in [1.165, 1.54) is 154 Å². The van der Waals surface area contributed by atoms with E-state index in [4.69, 9.17) is 14.2 Å². The number of unbranched alkanes of at least 4 members (excludes halogenated alkanes) is 26. The summed E-state index contributed by atoms with van der Waals surface area (Å²) in [5.74, 6) is -0.396. The lowest BCUT2D eigenvalue weighted by molar-refractivity contribution is -0.163. The van der Waals surface area contributed by atoms with Crippen LogP contribution in [-0.4, -0.2) is 37.9 Å². The van der Waals surface area contributed by atoms with Crippen molar-refractivity contribution in [2.75, 3.05) is 19.8 Å². The van der Waals surface area contributed by atoms with Gasteiger partial charge in [-0.15, -0.1) is 0 Å². The van der Waals surface area contributed by atoms with Crippen LogP contribution < -0.4 is 0 Å². The number of carbonyl (C=O) groups excluding carboxylic acids is 2. The van der Waals surface area contributed by atoms with Crippen molar-refractivity contribution in [3.05, 3.63) is 12.2 Å². The minimum Gasteiger partial charge on any atom is -0.462 e. The first-order valence-corrected chi connectivity index (χ1v) is 21.2. The molecule has 0 amide bonds. The molecule has 0 rings (SSSR count). The van der Waals surface area contributed by atoms with Gasteiger partial charge in [0.1, 0.15) is 6.61 Å². The van der Waals surface area contributed by atoms with Crippen molar-refractivity contribution in [3.8, 4) is 0 Å². The standard InChI is InChI=1S/C43H82O5/c1-4-7-10-13-16-18-20-22-23-25-28-30-33-36-42(44)47-40-41(48-43(45)37-34-31-27-15-12-9-6-3)39-46-38-35-32-29-26-24-21-19-17-14-11-8-5-2/h14,17,41H,4-13,15-16,18-40H2,1-3H3/b17-14-. The van der Waals surface area contributed by atoms with E-state index in [1.807, 2.05) is 0 Å². The summed E-state index contributed by atoms with van der Waals surface area (Å²) < 4.78 is 17.2. The van der Waals surface area contributed by atoms with Crippen LogP contribution in [0.3, 0.4) is 0 Å². The second-order valence-electron chi connectivity index (χ2n) is 14.3. The molecule has 1 atom stereocenters. The van der Waals surface area contributed by atoms with Crippen molar-refractivity contribution >= 4 is 11.9 Å². The molecule has 5 heteroatoms.